The van der Waals surface area contributed by atoms with E-state index < -0.39 is 10.8 Å². The summed E-state index contributed by atoms with van der Waals surface area (Å²) >= 11 is 0. The van der Waals surface area contributed by atoms with E-state index >= 15 is 0 Å². The molecule has 0 N–H and O–H groups in total. The van der Waals surface area contributed by atoms with Crippen LogP contribution in [0.25, 0.3) is 0 Å². The zero-order valence-electron chi connectivity index (χ0n) is 12.0. The average Bonchev–Trinajstić information content (AvgIpc) is 2.92. The molecule has 110 valence electrons. The molecule has 1 aliphatic carbocycles. The Morgan fingerprint density at radius 1 is 1.30 bits per heavy atom. The second-order valence-corrected chi connectivity index (χ2v) is 6.98. The lowest BCUT2D eigenvalue weighted by Gasteiger charge is -2.11. The van der Waals surface area contributed by atoms with Gasteiger partial charge in [0.2, 0.25) is 0 Å². The van der Waals surface area contributed by atoms with Gasteiger partial charge in [-0.2, -0.15) is 0 Å². The molecule has 0 aliphatic heterocycles. The maximum atomic E-state index is 12.0. The number of para-hydroxylation sites is 1. The highest BCUT2D eigenvalue weighted by Gasteiger charge is 2.17. The Morgan fingerprint density at radius 3 is 2.70 bits per heavy atom. The molecule has 1 unspecified atom stereocenters. The van der Waals surface area contributed by atoms with E-state index in [0.29, 0.717) is 29.6 Å². The van der Waals surface area contributed by atoms with Gasteiger partial charge in [0.15, 0.2) is 5.78 Å². The first-order valence-corrected chi connectivity index (χ1v) is 8.73. The predicted molar refractivity (Wildman–Crippen MR) is 81.8 cm³/mol. The summed E-state index contributed by atoms with van der Waals surface area (Å²) in [7, 11) is -0.811. The van der Waals surface area contributed by atoms with Gasteiger partial charge in [-0.1, -0.05) is 25.0 Å². The molecule has 1 atom stereocenters. The second kappa shape index (κ2) is 7.58. The average molecular weight is 294 g/mol. The van der Waals surface area contributed by atoms with Gasteiger partial charge in [-0.15, -0.1) is 0 Å². The Morgan fingerprint density at radius 2 is 2.00 bits per heavy atom. The highest BCUT2D eigenvalue weighted by molar-refractivity contribution is 7.85. The number of ether oxygens (including phenoxy) is 1. The summed E-state index contributed by atoms with van der Waals surface area (Å²) in [5.41, 5.74) is 0.592. The van der Waals surface area contributed by atoms with Crippen LogP contribution in [0.15, 0.2) is 24.3 Å². The Balaban J connectivity index is 1.78. The second-order valence-electron chi connectivity index (χ2n) is 5.36. The number of benzene rings is 1. The Labute approximate surface area is 123 Å². The lowest BCUT2D eigenvalue weighted by Crippen LogP contribution is -2.16. The zero-order valence-corrected chi connectivity index (χ0v) is 12.8. The van der Waals surface area contributed by atoms with E-state index in [1.54, 1.807) is 12.1 Å². The molecule has 1 aromatic rings. The Bertz CT molecular complexity index is 478. The molecule has 2 rings (SSSR count). The maximum absolute atomic E-state index is 12.0. The fraction of sp³-hybridized carbons (Fsp3) is 0.562. The molecule has 0 saturated heterocycles. The normalized spacial score (nSPS) is 17.1. The SMILES string of the molecule is CC(=O)c1ccccc1OCCS(=O)CC1CCCC1. The van der Waals surface area contributed by atoms with Crippen molar-refractivity contribution < 1.29 is 13.7 Å². The van der Waals surface area contributed by atoms with Crippen molar-refractivity contribution >= 4 is 16.6 Å². The van der Waals surface area contributed by atoms with Crippen molar-refractivity contribution in [2.24, 2.45) is 5.92 Å². The van der Waals surface area contributed by atoms with Crippen LogP contribution in [-0.4, -0.2) is 28.1 Å². The molecule has 4 heteroatoms. The highest BCUT2D eigenvalue weighted by atomic mass is 32.2. The molecule has 0 spiro atoms. The van der Waals surface area contributed by atoms with Crippen LogP contribution in [0.2, 0.25) is 0 Å². The van der Waals surface area contributed by atoms with Crippen molar-refractivity contribution in [3.05, 3.63) is 29.8 Å². The third kappa shape index (κ3) is 4.44. The summed E-state index contributed by atoms with van der Waals surface area (Å²) in [5, 5.41) is 0. The van der Waals surface area contributed by atoms with Gasteiger partial charge in [0.25, 0.3) is 0 Å². The summed E-state index contributed by atoms with van der Waals surface area (Å²) in [4.78, 5) is 11.5. The standard InChI is InChI=1S/C16H22O3S/c1-13(17)15-8-4-5-9-16(15)19-10-11-20(18)12-14-6-2-3-7-14/h4-5,8-9,14H,2-3,6-7,10-12H2,1H3. The van der Waals surface area contributed by atoms with E-state index in [9.17, 15) is 9.00 Å². The van der Waals surface area contributed by atoms with Gasteiger partial charge in [-0.3, -0.25) is 9.00 Å². The van der Waals surface area contributed by atoms with E-state index in [2.05, 4.69) is 0 Å². The van der Waals surface area contributed by atoms with E-state index in [4.69, 9.17) is 4.74 Å². The first-order valence-electron chi connectivity index (χ1n) is 7.24. The fourth-order valence-corrected chi connectivity index (χ4v) is 3.95. The first-order chi connectivity index (χ1) is 9.66. The van der Waals surface area contributed by atoms with Crippen LogP contribution in [0, 0.1) is 5.92 Å². The molecule has 1 saturated carbocycles. The van der Waals surface area contributed by atoms with Gasteiger partial charge in [-0.25, -0.2) is 0 Å². The summed E-state index contributed by atoms with van der Waals surface area (Å²) in [6.07, 6.45) is 5.01. The quantitative estimate of drug-likeness (QED) is 0.725. The van der Waals surface area contributed by atoms with Crippen LogP contribution in [0.3, 0.4) is 0 Å². The van der Waals surface area contributed by atoms with Crippen molar-refractivity contribution in [2.45, 2.75) is 32.6 Å². The summed E-state index contributed by atoms with van der Waals surface area (Å²) in [6.45, 7) is 1.93. The Hall–Kier alpha value is -1.16. The molecule has 3 nitrogen and oxygen atoms in total. The topological polar surface area (TPSA) is 43.4 Å². The van der Waals surface area contributed by atoms with E-state index in [1.807, 2.05) is 12.1 Å². The van der Waals surface area contributed by atoms with Crippen LogP contribution in [0.5, 0.6) is 5.75 Å². The molecule has 0 aromatic heterocycles. The predicted octanol–water partition coefficient (Wildman–Crippen LogP) is 3.21. The van der Waals surface area contributed by atoms with Gasteiger partial charge in [0.1, 0.15) is 5.75 Å². The van der Waals surface area contributed by atoms with Gasteiger partial charge < -0.3 is 4.74 Å². The minimum Gasteiger partial charge on any atom is -0.492 e. The number of carbonyl (C=O) groups excluding carboxylic acids is 1. The highest BCUT2D eigenvalue weighted by Crippen LogP contribution is 2.25. The number of rotatable bonds is 7. The largest absolute Gasteiger partial charge is 0.492 e. The minimum absolute atomic E-state index is 0.00678. The van der Waals surface area contributed by atoms with E-state index in [1.165, 1.54) is 32.6 Å². The van der Waals surface area contributed by atoms with Gasteiger partial charge >= 0.3 is 0 Å². The molecule has 1 fully saturated rings. The van der Waals surface area contributed by atoms with Crippen molar-refractivity contribution in [1.82, 2.24) is 0 Å². The van der Waals surface area contributed by atoms with Gasteiger partial charge in [0, 0.05) is 16.6 Å². The number of carbonyl (C=O) groups is 1. The maximum Gasteiger partial charge on any atom is 0.163 e. The summed E-state index contributed by atoms with van der Waals surface area (Å²) < 4.78 is 17.6. The lowest BCUT2D eigenvalue weighted by molar-refractivity contribution is 0.101. The van der Waals surface area contributed by atoms with E-state index in [0.717, 1.165) is 5.75 Å². The molecule has 0 radical (unpaired) electrons. The molecular weight excluding hydrogens is 272 g/mol. The van der Waals surface area contributed by atoms with Crippen molar-refractivity contribution in [2.75, 3.05) is 18.1 Å². The first kappa shape index (κ1) is 15.2. The monoisotopic (exact) mass is 294 g/mol. The number of hydrogen-bond acceptors (Lipinski definition) is 3. The van der Waals surface area contributed by atoms with Crippen LogP contribution >= 0.6 is 0 Å². The van der Waals surface area contributed by atoms with Crippen molar-refractivity contribution in [1.29, 1.82) is 0 Å². The van der Waals surface area contributed by atoms with Crippen LogP contribution in [-0.2, 0) is 10.8 Å². The number of hydrogen-bond donors (Lipinski definition) is 0. The molecule has 0 heterocycles. The van der Waals surface area contributed by atoms with Gasteiger partial charge in [0.05, 0.1) is 17.9 Å². The van der Waals surface area contributed by atoms with Gasteiger partial charge in [-0.05, 0) is 37.8 Å². The third-order valence-electron chi connectivity index (χ3n) is 3.73. The summed E-state index contributed by atoms with van der Waals surface area (Å²) in [6, 6.07) is 7.21. The molecule has 0 bridgehead atoms. The minimum atomic E-state index is -0.811. The molecule has 20 heavy (non-hydrogen) atoms. The summed E-state index contributed by atoms with van der Waals surface area (Å²) in [5.74, 6) is 2.58. The number of Topliss-reactive ketones (excluding diaryl/α,β-unsaturated/α-hetero) is 1. The third-order valence-corrected chi connectivity index (χ3v) is 5.20. The lowest BCUT2D eigenvalue weighted by atomic mass is 10.1. The van der Waals surface area contributed by atoms with E-state index in [-0.39, 0.29) is 5.78 Å². The van der Waals surface area contributed by atoms with Crippen molar-refractivity contribution in [3.8, 4) is 5.75 Å². The van der Waals surface area contributed by atoms with Crippen molar-refractivity contribution in [3.63, 3.8) is 0 Å². The van der Waals surface area contributed by atoms with Crippen LogP contribution in [0.1, 0.15) is 43.0 Å². The molecular formula is C16H22O3S. The molecule has 0 amide bonds. The Kier molecular flexibility index (Phi) is 5.77. The fourth-order valence-electron chi connectivity index (χ4n) is 2.65. The molecule has 1 aromatic carbocycles. The molecule has 1 aliphatic rings. The zero-order chi connectivity index (χ0) is 14.4. The van der Waals surface area contributed by atoms with Crippen LogP contribution < -0.4 is 4.74 Å². The smallest absolute Gasteiger partial charge is 0.163 e. The van der Waals surface area contributed by atoms with Crippen LogP contribution in [0.4, 0.5) is 0 Å². The number of ketones is 1.